The third-order valence-electron chi connectivity index (χ3n) is 5.73. The lowest BCUT2D eigenvalue weighted by Crippen LogP contribution is -2.50. The van der Waals surface area contributed by atoms with Crippen LogP contribution in [0.5, 0.6) is 0 Å². The fourth-order valence-corrected chi connectivity index (χ4v) is 3.71. The molecule has 2 atom stereocenters. The molecule has 0 spiro atoms. The lowest BCUT2D eigenvalue weighted by Gasteiger charge is -2.35. The van der Waals surface area contributed by atoms with Gasteiger partial charge in [-0.2, -0.15) is 31.4 Å². The Morgan fingerprint density at radius 2 is 1.71 bits per heavy atom. The number of H-pyrrole nitrogens is 1. The molecule has 1 aliphatic carbocycles. The first-order chi connectivity index (χ1) is 15.9. The number of halogens is 6. The summed E-state index contributed by atoms with van der Waals surface area (Å²) in [6.07, 6.45) is -7.33. The van der Waals surface area contributed by atoms with Gasteiger partial charge in [0.2, 0.25) is 11.9 Å². The molecule has 1 amide bonds. The van der Waals surface area contributed by atoms with Gasteiger partial charge >= 0.3 is 12.4 Å². The monoisotopic (exact) mass is 491 g/mol. The Labute approximate surface area is 188 Å². The Kier molecular flexibility index (Phi) is 6.12. The van der Waals surface area contributed by atoms with Gasteiger partial charge in [0.05, 0.1) is 5.56 Å². The number of nitrogens with one attached hydrogen (secondary N) is 2. The summed E-state index contributed by atoms with van der Waals surface area (Å²) in [5, 5.41) is 8.06. The van der Waals surface area contributed by atoms with Crippen molar-refractivity contribution < 1.29 is 31.1 Å². The fourth-order valence-electron chi connectivity index (χ4n) is 3.71. The minimum Gasteiger partial charge on any atom is -0.368 e. The summed E-state index contributed by atoms with van der Waals surface area (Å²) in [7, 11) is 0. The molecule has 2 N–H and O–H groups in total. The number of carbonyl (C=O) groups is 1. The van der Waals surface area contributed by atoms with E-state index in [4.69, 9.17) is 0 Å². The summed E-state index contributed by atoms with van der Waals surface area (Å²) < 4.78 is 76.4. The van der Waals surface area contributed by atoms with Gasteiger partial charge in [0.15, 0.2) is 0 Å². The van der Waals surface area contributed by atoms with Crippen LogP contribution in [0.1, 0.15) is 17.5 Å². The second kappa shape index (κ2) is 8.76. The predicted octanol–water partition coefficient (Wildman–Crippen LogP) is 1.99. The SMILES string of the molecule is O=C(C1CC1CNc1cc(C(F)(F)F)c(=O)[nH]n1)N1CCN(c2ncc(C(F)(F)F)cn2)CC1. The minimum atomic E-state index is -4.81. The molecule has 34 heavy (non-hydrogen) atoms. The quantitative estimate of drug-likeness (QED) is 0.617. The first-order valence-corrected chi connectivity index (χ1v) is 10.3. The summed E-state index contributed by atoms with van der Waals surface area (Å²) in [5.74, 6) is -0.460. The molecular formula is C19H19F6N7O2. The van der Waals surface area contributed by atoms with Gasteiger partial charge < -0.3 is 15.1 Å². The van der Waals surface area contributed by atoms with E-state index < -0.39 is 29.0 Å². The molecule has 2 aromatic rings. The largest absolute Gasteiger partial charge is 0.421 e. The molecule has 0 bridgehead atoms. The number of amides is 1. The van der Waals surface area contributed by atoms with E-state index in [1.165, 1.54) is 0 Å². The zero-order valence-electron chi connectivity index (χ0n) is 17.4. The Hall–Kier alpha value is -3.39. The highest BCUT2D eigenvalue weighted by Crippen LogP contribution is 2.40. The van der Waals surface area contributed by atoms with Gasteiger partial charge in [0.1, 0.15) is 11.4 Å². The van der Waals surface area contributed by atoms with E-state index in [2.05, 4.69) is 20.4 Å². The number of rotatable bonds is 5. The van der Waals surface area contributed by atoms with Crippen molar-refractivity contribution >= 4 is 17.7 Å². The number of carbonyl (C=O) groups excluding carboxylic acids is 1. The van der Waals surface area contributed by atoms with Crippen LogP contribution >= 0.6 is 0 Å². The number of piperazine rings is 1. The molecule has 1 aliphatic heterocycles. The number of aromatic amines is 1. The van der Waals surface area contributed by atoms with Crippen molar-refractivity contribution in [3.05, 3.63) is 39.9 Å². The van der Waals surface area contributed by atoms with E-state index in [1.807, 2.05) is 0 Å². The molecule has 0 radical (unpaired) electrons. The zero-order chi connectivity index (χ0) is 24.7. The second-order valence-corrected chi connectivity index (χ2v) is 8.06. The van der Waals surface area contributed by atoms with Crippen LogP contribution in [-0.2, 0) is 17.1 Å². The number of nitrogens with zero attached hydrogens (tertiary/aromatic N) is 5. The van der Waals surface area contributed by atoms with Crippen molar-refractivity contribution in [3.8, 4) is 0 Å². The Balaban J connectivity index is 1.25. The van der Waals surface area contributed by atoms with Crippen molar-refractivity contribution in [1.82, 2.24) is 25.1 Å². The van der Waals surface area contributed by atoms with Crippen molar-refractivity contribution in [3.63, 3.8) is 0 Å². The summed E-state index contributed by atoms with van der Waals surface area (Å²) in [4.78, 5) is 34.9. The molecule has 2 aromatic heterocycles. The number of alkyl halides is 6. The summed E-state index contributed by atoms with van der Waals surface area (Å²) in [6, 6.07) is 0.626. The normalized spacial score (nSPS) is 20.9. The van der Waals surface area contributed by atoms with Crippen LogP contribution in [-0.4, -0.2) is 63.7 Å². The van der Waals surface area contributed by atoms with E-state index in [1.54, 1.807) is 14.9 Å². The van der Waals surface area contributed by atoms with Crippen LogP contribution < -0.4 is 15.8 Å². The highest BCUT2D eigenvalue weighted by atomic mass is 19.4. The van der Waals surface area contributed by atoms with Gasteiger partial charge in [0, 0.05) is 57.1 Å². The molecule has 15 heteroatoms. The molecule has 0 aromatic carbocycles. The average molecular weight is 491 g/mol. The second-order valence-electron chi connectivity index (χ2n) is 8.06. The smallest absolute Gasteiger partial charge is 0.368 e. The first kappa shape index (κ1) is 23.8. The zero-order valence-corrected chi connectivity index (χ0v) is 17.4. The molecule has 2 unspecified atom stereocenters. The minimum absolute atomic E-state index is 0.0909. The van der Waals surface area contributed by atoms with E-state index in [9.17, 15) is 35.9 Å². The van der Waals surface area contributed by atoms with Crippen LogP contribution in [0.4, 0.5) is 38.1 Å². The van der Waals surface area contributed by atoms with Crippen LogP contribution in [0.2, 0.25) is 0 Å². The third kappa shape index (κ3) is 5.22. The molecule has 4 rings (SSSR count). The maximum Gasteiger partial charge on any atom is 0.421 e. The molecule has 2 fully saturated rings. The molecule has 3 heterocycles. The highest BCUT2D eigenvalue weighted by Gasteiger charge is 2.45. The maximum absolute atomic E-state index is 12.8. The van der Waals surface area contributed by atoms with Crippen molar-refractivity contribution in [2.75, 3.05) is 42.9 Å². The van der Waals surface area contributed by atoms with Crippen molar-refractivity contribution in [2.45, 2.75) is 18.8 Å². The Morgan fingerprint density at radius 3 is 2.29 bits per heavy atom. The van der Waals surface area contributed by atoms with Gasteiger partial charge in [-0.1, -0.05) is 0 Å². The van der Waals surface area contributed by atoms with Crippen molar-refractivity contribution in [2.24, 2.45) is 11.8 Å². The van der Waals surface area contributed by atoms with Crippen LogP contribution in [0.3, 0.4) is 0 Å². The topological polar surface area (TPSA) is 107 Å². The van der Waals surface area contributed by atoms with Crippen LogP contribution in [0.15, 0.2) is 23.3 Å². The predicted molar refractivity (Wildman–Crippen MR) is 106 cm³/mol. The number of anilines is 2. The maximum atomic E-state index is 12.8. The molecule has 1 saturated heterocycles. The number of aromatic nitrogens is 4. The van der Waals surface area contributed by atoms with E-state index in [-0.39, 0.29) is 36.1 Å². The summed E-state index contributed by atoms with van der Waals surface area (Å²) >= 11 is 0. The van der Waals surface area contributed by atoms with Gasteiger partial charge in [-0.3, -0.25) is 9.59 Å². The Morgan fingerprint density at radius 1 is 1.06 bits per heavy atom. The summed E-state index contributed by atoms with van der Waals surface area (Å²) in [5.41, 5.74) is -3.63. The fraction of sp³-hybridized carbons (Fsp3) is 0.526. The van der Waals surface area contributed by atoms with Gasteiger partial charge in [-0.05, 0) is 12.3 Å². The van der Waals surface area contributed by atoms with Crippen molar-refractivity contribution in [1.29, 1.82) is 0 Å². The summed E-state index contributed by atoms with van der Waals surface area (Å²) in [6.45, 7) is 1.61. The lowest BCUT2D eigenvalue weighted by atomic mass is 10.2. The average Bonchev–Trinajstić information content (AvgIpc) is 3.56. The third-order valence-corrected chi connectivity index (χ3v) is 5.73. The van der Waals surface area contributed by atoms with Gasteiger partial charge in [-0.25, -0.2) is 15.1 Å². The number of hydrogen-bond donors (Lipinski definition) is 2. The standard InChI is InChI=1S/C19H19F6N7O2/c20-18(21,22)11-8-27-17(28-9-11)32-3-1-31(2-4-32)16(34)12-5-10(12)7-26-14-6-13(19(23,24)25)15(33)30-29-14/h6,8-10,12H,1-5,7H2,(H,26,29)(H,30,33). The highest BCUT2D eigenvalue weighted by molar-refractivity contribution is 5.82. The molecular weight excluding hydrogens is 472 g/mol. The molecule has 9 nitrogen and oxygen atoms in total. The van der Waals surface area contributed by atoms with E-state index in [0.29, 0.717) is 38.7 Å². The first-order valence-electron chi connectivity index (χ1n) is 10.3. The van der Waals surface area contributed by atoms with Crippen LogP contribution in [0.25, 0.3) is 0 Å². The number of hydrogen-bond acceptors (Lipinski definition) is 7. The Bertz CT molecular complexity index is 1090. The molecule has 184 valence electrons. The van der Waals surface area contributed by atoms with E-state index in [0.717, 1.165) is 12.4 Å². The van der Waals surface area contributed by atoms with E-state index >= 15 is 0 Å². The molecule has 1 saturated carbocycles. The molecule has 2 aliphatic rings. The van der Waals surface area contributed by atoms with Gasteiger partial charge in [0.25, 0.3) is 5.56 Å². The van der Waals surface area contributed by atoms with Crippen LogP contribution in [0, 0.1) is 11.8 Å². The van der Waals surface area contributed by atoms with Gasteiger partial charge in [-0.15, -0.1) is 0 Å². The lowest BCUT2D eigenvalue weighted by molar-refractivity contribution is -0.139.